The number of rotatable bonds is 10. The summed E-state index contributed by atoms with van der Waals surface area (Å²) in [5.41, 5.74) is 2.12. The Morgan fingerprint density at radius 2 is 1.70 bits per heavy atom. The van der Waals surface area contributed by atoms with Gasteiger partial charge >= 0.3 is 5.69 Å². The van der Waals surface area contributed by atoms with Crippen molar-refractivity contribution in [2.75, 3.05) is 56.0 Å². The van der Waals surface area contributed by atoms with Gasteiger partial charge in [0.1, 0.15) is 22.4 Å². The molecule has 3 aromatic heterocycles. The summed E-state index contributed by atoms with van der Waals surface area (Å²) in [6, 6.07) is 11.4. The Hall–Kier alpha value is -5.17. The molecule has 2 N–H and O–H groups in total. The van der Waals surface area contributed by atoms with E-state index in [1.807, 2.05) is 18.2 Å². The number of carbonyl (C=O) groups is 2. The highest BCUT2D eigenvalue weighted by Gasteiger charge is 2.53. The third kappa shape index (κ3) is 7.49. The number of para-hydroxylation sites is 1. The largest absolute Gasteiger partial charge is 0.367 e. The molecule has 10 rings (SSSR count). The second-order valence-electron chi connectivity index (χ2n) is 18.5. The molecule has 2 aliphatic carbocycles. The van der Waals surface area contributed by atoms with Crippen LogP contribution in [0.4, 0.5) is 21.7 Å². The molecule has 19 heteroatoms. The van der Waals surface area contributed by atoms with Crippen molar-refractivity contribution >= 4 is 72.8 Å². The van der Waals surface area contributed by atoms with Crippen LogP contribution in [-0.2, 0) is 26.7 Å². The van der Waals surface area contributed by atoms with Crippen LogP contribution in [0.2, 0.25) is 5.02 Å². The highest BCUT2D eigenvalue weighted by Crippen LogP contribution is 2.63. The zero-order valence-electron chi connectivity index (χ0n) is 36.0. The van der Waals surface area contributed by atoms with Crippen molar-refractivity contribution in [2.24, 2.45) is 12.5 Å². The third-order valence-electron chi connectivity index (χ3n) is 14.7. The SMILES string of the molecule is Cc1cc(S(=O)(=O)N2CCC(F)(CCN3CCN(c4cccc5c4n(C)c(=O)n5C4CCC(=O)NC4=O)CC3)CC2)ccc1Nc1ncc2cc(Cl)c(=O)n(C3CCCC34CC4)c2n1. The molecule has 0 bridgehead atoms. The first-order chi connectivity index (χ1) is 30.6. The first-order valence-electron chi connectivity index (χ1n) is 22.3. The summed E-state index contributed by atoms with van der Waals surface area (Å²) in [6.07, 6.45) is 7.81. The smallest absolute Gasteiger partial charge is 0.329 e. The van der Waals surface area contributed by atoms with E-state index in [1.165, 1.54) is 8.87 Å². The topological polar surface area (TPSA) is 177 Å². The Balaban J connectivity index is 0.752. The maximum Gasteiger partial charge on any atom is 0.329 e. The van der Waals surface area contributed by atoms with E-state index < -0.39 is 27.6 Å². The van der Waals surface area contributed by atoms with Crippen LogP contribution >= 0.6 is 11.6 Å². The number of imide groups is 1. The molecular formula is C45H52ClFN10O6S. The number of nitrogens with one attached hydrogen (secondary N) is 2. The highest BCUT2D eigenvalue weighted by molar-refractivity contribution is 7.89. The average Bonchev–Trinajstić information content (AvgIpc) is 3.88. The molecule has 5 fully saturated rings. The number of halogens is 2. The number of hydrogen-bond acceptors (Lipinski definition) is 11. The lowest BCUT2D eigenvalue weighted by Gasteiger charge is -2.39. The number of aromatic nitrogens is 5. The van der Waals surface area contributed by atoms with E-state index in [-0.39, 0.29) is 83.3 Å². The van der Waals surface area contributed by atoms with Gasteiger partial charge in [0.15, 0.2) is 0 Å². The van der Waals surface area contributed by atoms with Gasteiger partial charge in [-0.15, -0.1) is 0 Å². The van der Waals surface area contributed by atoms with Gasteiger partial charge in [-0.3, -0.25) is 38.3 Å². The number of alkyl halides is 1. The molecule has 0 radical (unpaired) electrons. The summed E-state index contributed by atoms with van der Waals surface area (Å²) in [4.78, 5) is 65.2. The number of fused-ring (bicyclic) bond motifs is 2. The summed E-state index contributed by atoms with van der Waals surface area (Å²) in [6.45, 7) is 5.17. The Morgan fingerprint density at radius 3 is 2.42 bits per heavy atom. The Kier molecular flexibility index (Phi) is 10.7. The number of piperazine rings is 1. The molecule has 2 saturated carbocycles. The fourth-order valence-corrected chi connectivity index (χ4v) is 12.5. The molecule has 5 aromatic rings. The number of imidazole rings is 1. The number of benzene rings is 2. The lowest BCUT2D eigenvalue weighted by Crippen LogP contribution is -2.49. The van der Waals surface area contributed by atoms with Crippen molar-refractivity contribution < 1.29 is 22.4 Å². The van der Waals surface area contributed by atoms with Crippen LogP contribution in [0, 0.1) is 12.3 Å². The molecule has 64 heavy (non-hydrogen) atoms. The summed E-state index contributed by atoms with van der Waals surface area (Å²) in [7, 11) is -2.20. The molecule has 3 saturated heterocycles. The minimum atomic E-state index is -3.90. The average molecular weight is 915 g/mol. The van der Waals surface area contributed by atoms with Gasteiger partial charge in [-0.05, 0) is 106 Å². The van der Waals surface area contributed by atoms with Crippen molar-refractivity contribution in [1.29, 1.82) is 0 Å². The molecular weight excluding hydrogens is 863 g/mol. The molecule has 3 aliphatic heterocycles. The fraction of sp³-hybridized carbons (Fsp3) is 0.511. The summed E-state index contributed by atoms with van der Waals surface area (Å²) >= 11 is 6.40. The van der Waals surface area contributed by atoms with Gasteiger partial charge < -0.3 is 10.2 Å². The zero-order valence-corrected chi connectivity index (χ0v) is 37.6. The fourth-order valence-electron chi connectivity index (χ4n) is 10.8. The van der Waals surface area contributed by atoms with E-state index in [0.717, 1.165) is 43.3 Å². The van der Waals surface area contributed by atoms with Crippen molar-refractivity contribution in [3.63, 3.8) is 0 Å². The normalized spacial score (nSPS) is 22.7. The van der Waals surface area contributed by atoms with Crippen LogP contribution in [0.1, 0.15) is 81.9 Å². The van der Waals surface area contributed by atoms with E-state index in [4.69, 9.17) is 16.6 Å². The van der Waals surface area contributed by atoms with E-state index >= 15 is 4.39 Å². The minimum Gasteiger partial charge on any atom is -0.367 e. The molecule has 2 unspecified atom stereocenters. The van der Waals surface area contributed by atoms with Gasteiger partial charge in [0.05, 0.1) is 21.6 Å². The monoisotopic (exact) mass is 914 g/mol. The number of hydrogen-bond donors (Lipinski definition) is 2. The second kappa shape index (κ2) is 16.1. The van der Waals surface area contributed by atoms with E-state index in [2.05, 4.69) is 25.4 Å². The van der Waals surface area contributed by atoms with Gasteiger partial charge in [0, 0.05) is 82.6 Å². The van der Waals surface area contributed by atoms with Crippen LogP contribution in [0.5, 0.6) is 0 Å². The summed E-state index contributed by atoms with van der Waals surface area (Å²) < 4.78 is 50.3. The van der Waals surface area contributed by atoms with Crippen molar-refractivity contribution in [3.8, 4) is 0 Å². The van der Waals surface area contributed by atoms with Crippen LogP contribution in [0.15, 0.2) is 63.1 Å². The molecule has 5 aliphatic rings. The zero-order chi connectivity index (χ0) is 44.7. The Morgan fingerprint density at radius 1 is 0.938 bits per heavy atom. The van der Waals surface area contributed by atoms with E-state index in [0.29, 0.717) is 66.9 Å². The molecule has 2 atom stereocenters. The number of carbonyl (C=O) groups excluding carboxylic acids is 2. The second-order valence-corrected chi connectivity index (χ2v) is 20.8. The van der Waals surface area contributed by atoms with Gasteiger partial charge in [-0.1, -0.05) is 24.1 Å². The lowest BCUT2D eigenvalue weighted by molar-refractivity contribution is -0.135. The number of amides is 2. The summed E-state index contributed by atoms with van der Waals surface area (Å²) in [5.74, 6) is -0.528. The van der Waals surface area contributed by atoms with Gasteiger partial charge in [-0.2, -0.15) is 9.29 Å². The van der Waals surface area contributed by atoms with Crippen LogP contribution in [-0.4, -0.2) is 105 Å². The van der Waals surface area contributed by atoms with Crippen LogP contribution in [0.3, 0.4) is 0 Å². The van der Waals surface area contributed by atoms with Crippen molar-refractivity contribution in [3.05, 3.63) is 80.1 Å². The number of nitrogens with zero attached hydrogens (tertiary/aromatic N) is 8. The summed E-state index contributed by atoms with van der Waals surface area (Å²) in [5, 5.41) is 6.41. The predicted molar refractivity (Wildman–Crippen MR) is 242 cm³/mol. The number of anilines is 3. The van der Waals surface area contributed by atoms with Gasteiger partial charge in [0.2, 0.25) is 27.8 Å². The van der Waals surface area contributed by atoms with Crippen LogP contribution in [0.25, 0.3) is 22.1 Å². The molecule has 338 valence electrons. The van der Waals surface area contributed by atoms with Gasteiger partial charge in [-0.25, -0.2) is 22.6 Å². The van der Waals surface area contributed by atoms with E-state index in [1.54, 1.807) is 53.6 Å². The Bertz CT molecular complexity index is 2950. The highest BCUT2D eigenvalue weighted by atomic mass is 35.5. The molecule has 1 spiro atoms. The van der Waals surface area contributed by atoms with Crippen LogP contribution < -0.4 is 26.8 Å². The molecule has 2 aromatic carbocycles. The third-order valence-corrected chi connectivity index (χ3v) is 16.9. The standard InChI is InChI=1S/C45H52ClFN10O6S/c1-28-25-30(8-9-32(28)49-42-48-27-29-26-31(46)41(60)57(39(29)51-42)36-7-4-12-44(36)13-14-44)64(62,63)55-19-16-45(47,17-20-55)15-18-53-21-23-54(24-22-53)33-5-3-6-34-38(33)52(2)43(61)56(34)35-10-11-37(58)50-40(35)59/h3,5-6,8-9,25-27,35-36H,4,7,10-24H2,1-2H3,(H,48,49,51)(H,50,58,59). The lowest BCUT2D eigenvalue weighted by atomic mass is 9.91. The first-order valence-corrected chi connectivity index (χ1v) is 24.1. The molecule has 16 nitrogen and oxygen atoms in total. The first kappa shape index (κ1) is 42.8. The quantitative estimate of drug-likeness (QED) is 0.173. The maximum absolute atomic E-state index is 16.3. The Labute approximate surface area is 374 Å². The van der Waals surface area contributed by atoms with Crippen molar-refractivity contribution in [2.45, 2.75) is 93.8 Å². The molecule has 2 amide bonds. The number of aryl methyl sites for hydroxylation is 2. The van der Waals surface area contributed by atoms with E-state index in [9.17, 15) is 27.6 Å². The number of piperidine rings is 2. The van der Waals surface area contributed by atoms with Crippen molar-refractivity contribution in [1.82, 2.24) is 38.2 Å². The number of pyridine rings is 1. The van der Waals surface area contributed by atoms with Gasteiger partial charge in [0.25, 0.3) is 5.56 Å². The predicted octanol–water partition coefficient (Wildman–Crippen LogP) is 5.34. The maximum atomic E-state index is 16.3. The number of sulfonamides is 1. The molecule has 6 heterocycles. The minimum absolute atomic E-state index is 0.0411.